The van der Waals surface area contributed by atoms with Crippen molar-refractivity contribution in [1.29, 1.82) is 0 Å². The summed E-state index contributed by atoms with van der Waals surface area (Å²) in [6.45, 7) is 2.60. The van der Waals surface area contributed by atoms with E-state index in [1.165, 1.54) is 25.2 Å². The van der Waals surface area contributed by atoms with Crippen LogP contribution in [-0.2, 0) is 30.5 Å². The van der Waals surface area contributed by atoms with Gasteiger partial charge in [0.15, 0.2) is 22.6 Å². The fourth-order valence-electron chi connectivity index (χ4n) is 0.785. The average Bonchev–Trinajstić information content (AvgIpc) is 2.88. The van der Waals surface area contributed by atoms with Crippen LogP contribution in [0.15, 0.2) is 5.38 Å². The lowest BCUT2D eigenvalue weighted by Gasteiger charge is -1.95. The number of esters is 2. The van der Waals surface area contributed by atoms with Crippen molar-refractivity contribution >= 4 is 75.5 Å². The lowest BCUT2D eigenvalue weighted by Crippen LogP contribution is -2.18. The topological polar surface area (TPSA) is 161 Å². The molecule has 0 amide bonds. The molecule has 1 rings (SSSR count). The van der Waals surface area contributed by atoms with Crippen molar-refractivity contribution in [3.05, 3.63) is 11.1 Å². The monoisotopic (exact) mass is 450 g/mol. The van der Waals surface area contributed by atoms with Gasteiger partial charge in [0.1, 0.15) is 6.61 Å². The predicted molar refractivity (Wildman–Crippen MR) is 109 cm³/mol. The zero-order valence-corrected chi connectivity index (χ0v) is 16.7. The molecule has 1 aromatic heterocycles. The third-order valence-corrected chi connectivity index (χ3v) is 2.60. The Morgan fingerprint density at radius 1 is 1.23 bits per heavy atom. The highest BCUT2D eigenvalue weighted by atomic mass is 35.5. The SMILES string of the molecule is C.CC(=O)OCC(=O)CCl.CC(=O)OCc1csc(N)n1.Cl.NC(N)=S. The molecule has 1 aromatic rings. The zero-order valence-electron chi connectivity index (χ0n) is 13.5. The van der Waals surface area contributed by atoms with Gasteiger partial charge in [-0.25, -0.2) is 4.98 Å². The van der Waals surface area contributed by atoms with Gasteiger partial charge in [-0.1, -0.05) is 7.43 Å². The molecule has 152 valence electrons. The smallest absolute Gasteiger partial charge is 0.303 e. The number of ether oxygens (including phenoxy) is 2. The van der Waals surface area contributed by atoms with Crippen LogP contribution >= 0.6 is 47.6 Å². The molecule has 9 nitrogen and oxygen atoms in total. The first-order chi connectivity index (χ1) is 11.1. The molecule has 0 bridgehead atoms. The molecule has 0 aliphatic rings. The number of hydrogen-bond donors (Lipinski definition) is 3. The molecule has 0 fully saturated rings. The molecule has 0 atom stereocenters. The maximum Gasteiger partial charge on any atom is 0.303 e. The largest absolute Gasteiger partial charge is 0.459 e. The van der Waals surface area contributed by atoms with Crippen LogP contribution < -0.4 is 17.2 Å². The quantitative estimate of drug-likeness (QED) is 0.339. The molecule has 6 N–H and O–H groups in total. The number of Topliss-reactive ketones (excluding diaryl/α,β-unsaturated/α-hetero) is 1. The summed E-state index contributed by atoms with van der Waals surface area (Å²) in [5, 5.41) is 2.25. The second kappa shape index (κ2) is 19.6. The number of halogens is 2. The number of rotatable bonds is 5. The summed E-state index contributed by atoms with van der Waals surface area (Å²) >= 11 is 10.5. The van der Waals surface area contributed by atoms with Gasteiger partial charge in [0.25, 0.3) is 0 Å². The van der Waals surface area contributed by atoms with E-state index in [2.05, 4.69) is 33.4 Å². The van der Waals surface area contributed by atoms with Crippen molar-refractivity contribution in [2.45, 2.75) is 27.9 Å². The number of anilines is 1. The Labute approximate surface area is 173 Å². The number of carbonyl (C=O) groups excluding carboxylic acids is 3. The Kier molecular flexibility index (Phi) is 24.2. The Morgan fingerprint density at radius 2 is 1.69 bits per heavy atom. The highest BCUT2D eigenvalue weighted by Crippen LogP contribution is 2.11. The van der Waals surface area contributed by atoms with Gasteiger partial charge in [0.05, 0.1) is 11.6 Å². The van der Waals surface area contributed by atoms with E-state index in [-0.39, 0.29) is 55.8 Å². The third kappa shape index (κ3) is 27.2. The average molecular weight is 451 g/mol. The lowest BCUT2D eigenvalue weighted by atomic mass is 10.5. The Morgan fingerprint density at radius 3 is 2.00 bits per heavy atom. The fourth-order valence-corrected chi connectivity index (χ4v) is 1.41. The molecule has 0 spiro atoms. The number of carbonyl (C=O) groups is 3. The van der Waals surface area contributed by atoms with E-state index in [0.29, 0.717) is 10.8 Å². The van der Waals surface area contributed by atoms with Crippen LogP contribution in [0, 0.1) is 0 Å². The molecule has 0 saturated carbocycles. The molecular weight excluding hydrogens is 427 g/mol. The number of nitrogens with zero attached hydrogens (tertiary/aromatic N) is 1. The number of thiocarbonyl (C=S) groups is 1. The van der Waals surface area contributed by atoms with E-state index in [4.69, 9.17) is 22.1 Å². The first-order valence-corrected chi connectivity index (χ1v) is 7.99. The molecular formula is C13H24Cl2N4O5S2. The first-order valence-electron chi connectivity index (χ1n) is 6.17. The number of nitrogens with two attached hydrogens (primary N) is 3. The first kappa shape index (κ1) is 32.0. The molecule has 26 heavy (non-hydrogen) atoms. The van der Waals surface area contributed by atoms with Gasteiger partial charge in [0, 0.05) is 19.2 Å². The van der Waals surface area contributed by atoms with E-state index in [9.17, 15) is 14.4 Å². The van der Waals surface area contributed by atoms with Crippen molar-refractivity contribution in [3.63, 3.8) is 0 Å². The van der Waals surface area contributed by atoms with Crippen LogP contribution in [0.1, 0.15) is 27.0 Å². The normalized spacial score (nSPS) is 7.96. The minimum atomic E-state index is -0.464. The van der Waals surface area contributed by atoms with Gasteiger partial charge >= 0.3 is 11.9 Å². The number of aromatic nitrogens is 1. The number of ketones is 1. The van der Waals surface area contributed by atoms with E-state index < -0.39 is 5.97 Å². The maximum absolute atomic E-state index is 10.3. The molecule has 0 aliphatic carbocycles. The van der Waals surface area contributed by atoms with Crippen LogP contribution in [0.25, 0.3) is 0 Å². The second-order valence-electron chi connectivity index (χ2n) is 3.81. The Bertz CT molecular complexity index is 554. The molecule has 1 heterocycles. The van der Waals surface area contributed by atoms with Crippen LogP contribution in [0.5, 0.6) is 0 Å². The molecule has 0 saturated heterocycles. The van der Waals surface area contributed by atoms with Crippen LogP contribution in [0.2, 0.25) is 0 Å². The van der Waals surface area contributed by atoms with Crippen molar-refractivity contribution in [2.24, 2.45) is 11.5 Å². The molecule has 0 radical (unpaired) electrons. The van der Waals surface area contributed by atoms with Gasteiger partial charge in [-0.15, -0.1) is 35.3 Å². The summed E-state index contributed by atoms with van der Waals surface area (Å²) in [7, 11) is 0. The van der Waals surface area contributed by atoms with Gasteiger partial charge in [-0.2, -0.15) is 0 Å². The van der Waals surface area contributed by atoms with E-state index in [1.807, 2.05) is 0 Å². The standard InChI is InChI=1S/C6H8N2O2S.C5H7ClO3.CH4N2S.CH4.ClH/c1-4(9)10-2-5-3-11-6(7)8-5;1-4(7)9-3-5(8)2-6;2-1(3)4;;/h3H,2H2,1H3,(H2,7,8);2-3H2,1H3;(H4,2,3,4);1H4;1H. The van der Waals surface area contributed by atoms with Gasteiger partial charge < -0.3 is 26.7 Å². The highest BCUT2D eigenvalue weighted by molar-refractivity contribution is 7.80. The molecule has 0 aromatic carbocycles. The van der Waals surface area contributed by atoms with Gasteiger partial charge in [-0.05, 0) is 12.2 Å². The molecule has 13 heteroatoms. The predicted octanol–water partition coefficient (Wildman–Crippen LogP) is 1.39. The minimum absolute atomic E-state index is 0. The van der Waals surface area contributed by atoms with Crippen LogP contribution in [0.4, 0.5) is 5.13 Å². The maximum atomic E-state index is 10.3. The van der Waals surface area contributed by atoms with Gasteiger partial charge in [-0.3, -0.25) is 14.4 Å². The Balaban J connectivity index is -0.000000147. The summed E-state index contributed by atoms with van der Waals surface area (Å²) in [5.41, 5.74) is 15.3. The van der Waals surface area contributed by atoms with Crippen LogP contribution in [0.3, 0.4) is 0 Å². The van der Waals surface area contributed by atoms with Crippen molar-refractivity contribution in [3.8, 4) is 0 Å². The summed E-state index contributed by atoms with van der Waals surface area (Å²) < 4.78 is 9.01. The fraction of sp³-hybridized carbons (Fsp3) is 0.462. The van der Waals surface area contributed by atoms with Crippen LogP contribution in [-0.4, -0.2) is 40.3 Å². The summed E-state index contributed by atoms with van der Waals surface area (Å²) in [6.07, 6.45) is 0. The highest BCUT2D eigenvalue weighted by Gasteiger charge is 2.00. The summed E-state index contributed by atoms with van der Waals surface area (Å²) in [6, 6.07) is 0. The number of nitrogen functional groups attached to an aromatic ring is 1. The second-order valence-corrected chi connectivity index (χ2v) is 5.44. The number of thiazole rings is 1. The molecule has 0 unspecified atom stereocenters. The van der Waals surface area contributed by atoms with Crippen molar-refractivity contribution in [1.82, 2.24) is 4.98 Å². The molecule has 0 aliphatic heterocycles. The lowest BCUT2D eigenvalue weighted by molar-refractivity contribution is -0.145. The van der Waals surface area contributed by atoms with E-state index in [1.54, 1.807) is 5.38 Å². The zero-order chi connectivity index (χ0) is 19.1. The minimum Gasteiger partial charge on any atom is -0.459 e. The van der Waals surface area contributed by atoms with E-state index in [0.717, 1.165) is 0 Å². The van der Waals surface area contributed by atoms with Crippen molar-refractivity contribution in [2.75, 3.05) is 18.2 Å². The third-order valence-electron chi connectivity index (χ3n) is 1.58. The summed E-state index contributed by atoms with van der Waals surface area (Å²) in [5.74, 6) is -1.16. The number of alkyl halides is 1. The van der Waals surface area contributed by atoms with Gasteiger partial charge in [0.2, 0.25) is 0 Å². The van der Waals surface area contributed by atoms with Crippen molar-refractivity contribution < 1.29 is 23.9 Å². The number of hydrogen-bond acceptors (Lipinski definition) is 9. The van der Waals surface area contributed by atoms with E-state index >= 15 is 0 Å². The summed E-state index contributed by atoms with van der Waals surface area (Å²) in [4.78, 5) is 34.6. The Hall–Kier alpha value is -1.69.